The van der Waals surface area contributed by atoms with Crippen LogP contribution in [0.1, 0.15) is 47.6 Å². The maximum absolute atomic E-state index is 12.6. The zero-order valence-corrected chi connectivity index (χ0v) is 16.8. The molecule has 1 amide bonds. The molecule has 0 aromatic heterocycles. The fourth-order valence-corrected chi connectivity index (χ4v) is 2.82. The Bertz CT molecular complexity index is 934. The molecular formula is C23H26N2O2. The van der Waals surface area contributed by atoms with Gasteiger partial charge in [0.05, 0.1) is 7.11 Å². The van der Waals surface area contributed by atoms with E-state index in [1.165, 1.54) is 0 Å². The number of ether oxygens (including phenoxy) is 1. The van der Waals surface area contributed by atoms with E-state index in [-0.39, 0.29) is 11.5 Å². The molecule has 0 aliphatic heterocycles. The molecule has 140 valence electrons. The van der Waals surface area contributed by atoms with Crippen molar-refractivity contribution in [2.75, 3.05) is 12.4 Å². The molecule has 2 aromatic rings. The Morgan fingerprint density at radius 3 is 2.37 bits per heavy atom. The lowest BCUT2D eigenvalue weighted by Gasteiger charge is -2.15. The second-order valence-corrected chi connectivity index (χ2v) is 7.03. The number of carbonyl (C=O) groups is 1. The van der Waals surface area contributed by atoms with Crippen LogP contribution in [0.5, 0.6) is 5.75 Å². The van der Waals surface area contributed by atoms with Gasteiger partial charge in [0.2, 0.25) is 0 Å². The molecule has 0 bridgehead atoms. The molecule has 0 aliphatic carbocycles. The summed E-state index contributed by atoms with van der Waals surface area (Å²) < 4.78 is 5.46. The van der Waals surface area contributed by atoms with Crippen LogP contribution < -0.4 is 10.1 Å². The molecule has 0 aliphatic rings. The van der Waals surface area contributed by atoms with Gasteiger partial charge in [-0.25, -0.2) is 0 Å². The molecule has 4 nitrogen and oxygen atoms in total. The Morgan fingerprint density at radius 2 is 1.81 bits per heavy atom. The molecule has 0 saturated heterocycles. The predicted molar refractivity (Wildman–Crippen MR) is 110 cm³/mol. The Morgan fingerprint density at radius 1 is 1.11 bits per heavy atom. The molecule has 0 radical (unpaired) electrons. The highest BCUT2D eigenvalue weighted by molar-refractivity contribution is 6.09. The van der Waals surface area contributed by atoms with Crippen LogP contribution in [0.3, 0.4) is 0 Å². The number of benzene rings is 2. The van der Waals surface area contributed by atoms with Crippen LogP contribution in [0.4, 0.5) is 5.69 Å². The number of carbonyl (C=O) groups excluding carboxylic acids is 1. The number of aryl methyl sites for hydroxylation is 3. The van der Waals surface area contributed by atoms with E-state index < -0.39 is 5.91 Å². The zero-order valence-electron chi connectivity index (χ0n) is 16.8. The Hall–Kier alpha value is -3.06. The van der Waals surface area contributed by atoms with E-state index in [1.54, 1.807) is 13.2 Å². The fraction of sp³-hybridized carbons (Fsp3) is 0.304. The SMILES string of the molecule is COc1cc(C)c(/C=C(\C#N)C(=O)Nc2ccc(C)c(C)c2)cc1C(C)C. The largest absolute Gasteiger partial charge is 0.496 e. The van der Waals surface area contributed by atoms with Gasteiger partial charge >= 0.3 is 0 Å². The van der Waals surface area contributed by atoms with Gasteiger partial charge in [0.1, 0.15) is 17.4 Å². The van der Waals surface area contributed by atoms with Crippen molar-refractivity contribution in [2.24, 2.45) is 0 Å². The fourth-order valence-electron chi connectivity index (χ4n) is 2.82. The molecule has 0 fully saturated rings. The predicted octanol–water partition coefficient (Wildman–Crippen LogP) is 5.29. The van der Waals surface area contributed by atoms with Gasteiger partial charge in [0.25, 0.3) is 5.91 Å². The van der Waals surface area contributed by atoms with E-state index in [0.717, 1.165) is 33.6 Å². The van der Waals surface area contributed by atoms with Crippen molar-refractivity contribution in [3.63, 3.8) is 0 Å². The normalized spacial score (nSPS) is 11.3. The summed E-state index contributed by atoms with van der Waals surface area (Å²) in [5, 5.41) is 12.3. The first kappa shape index (κ1) is 20.3. The number of hydrogen-bond donors (Lipinski definition) is 1. The summed E-state index contributed by atoms with van der Waals surface area (Å²) in [4.78, 5) is 12.6. The maximum atomic E-state index is 12.6. The van der Waals surface area contributed by atoms with Crippen molar-refractivity contribution >= 4 is 17.7 Å². The number of rotatable bonds is 5. The molecule has 2 aromatic carbocycles. The minimum absolute atomic E-state index is 0.0659. The maximum Gasteiger partial charge on any atom is 0.266 e. The molecule has 27 heavy (non-hydrogen) atoms. The first-order chi connectivity index (χ1) is 12.8. The Labute approximate surface area is 161 Å². The van der Waals surface area contributed by atoms with Crippen LogP contribution in [0.2, 0.25) is 0 Å². The molecular weight excluding hydrogens is 336 g/mol. The van der Waals surface area contributed by atoms with Gasteiger partial charge in [-0.2, -0.15) is 5.26 Å². The minimum Gasteiger partial charge on any atom is -0.496 e. The minimum atomic E-state index is -0.415. The van der Waals surface area contributed by atoms with Gasteiger partial charge < -0.3 is 10.1 Å². The van der Waals surface area contributed by atoms with Gasteiger partial charge in [0, 0.05) is 5.69 Å². The van der Waals surface area contributed by atoms with E-state index >= 15 is 0 Å². The molecule has 0 spiro atoms. The quantitative estimate of drug-likeness (QED) is 0.581. The summed E-state index contributed by atoms with van der Waals surface area (Å²) in [6.07, 6.45) is 1.64. The van der Waals surface area contributed by atoms with Gasteiger partial charge in [-0.3, -0.25) is 4.79 Å². The lowest BCUT2D eigenvalue weighted by Crippen LogP contribution is -2.13. The monoisotopic (exact) mass is 362 g/mol. The van der Waals surface area contributed by atoms with E-state index in [9.17, 15) is 10.1 Å². The standard InChI is InChI=1S/C23H26N2O2/c1-14(2)21-12-18(17(5)10-22(21)27-6)11-19(13-24)23(26)25-20-8-7-15(3)16(4)9-20/h7-12,14H,1-6H3,(H,25,26)/b19-11+. The van der Waals surface area contributed by atoms with Crippen molar-refractivity contribution < 1.29 is 9.53 Å². The van der Waals surface area contributed by atoms with Gasteiger partial charge in [-0.05, 0) is 84.8 Å². The summed E-state index contributed by atoms with van der Waals surface area (Å²) in [7, 11) is 1.65. The molecule has 2 rings (SSSR count). The lowest BCUT2D eigenvalue weighted by atomic mass is 9.95. The second-order valence-electron chi connectivity index (χ2n) is 7.03. The number of nitrogens with zero attached hydrogens (tertiary/aromatic N) is 1. The summed E-state index contributed by atoms with van der Waals surface area (Å²) in [5.74, 6) is 0.669. The highest BCUT2D eigenvalue weighted by Crippen LogP contribution is 2.30. The van der Waals surface area contributed by atoms with E-state index in [1.807, 2.05) is 57.2 Å². The van der Waals surface area contributed by atoms with Crippen molar-refractivity contribution in [3.8, 4) is 11.8 Å². The summed E-state index contributed by atoms with van der Waals surface area (Å²) in [5.41, 5.74) is 5.81. The number of anilines is 1. The summed E-state index contributed by atoms with van der Waals surface area (Å²) >= 11 is 0. The highest BCUT2D eigenvalue weighted by Gasteiger charge is 2.14. The third-order valence-corrected chi connectivity index (χ3v) is 4.67. The molecule has 0 saturated carbocycles. The average molecular weight is 362 g/mol. The van der Waals surface area contributed by atoms with E-state index in [0.29, 0.717) is 5.69 Å². The highest BCUT2D eigenvalue weighted by atomic mass is 16.5. The second kappa shape index (κ2) is 8.55. The van der Waals surface area contributed by atoms with Crippen molar-refractivity contribution in [2.45, 2.75) is 40.5 Å². The first-order valence-electron chi connectivity index (χ1n) is 8.95. The summed E-state index contributed by atoms with van der Waals surface area (Å²) in [6, 6.07) is 11.6. The number of methoxy groups -OCH3 is 1. The average Bonchev–Trinajstić information content (AvgIpc) is 2.63. The zero-order chi connectivity index (χ0) is 20.1. The topological polar surface area (TPSA) is 62.1 Å². The first-order valence-corrected chi connectivity index (χ1v) is 8.95. The molecule has 0 atom stereocenters. The smallest absolute Gasteiger partial charge is 0.266 e. The Balaban J connectivity index is 2.37. The number of nitrogens with one attached hydrogen (secondary N) is 1. The molecule has 4 heteroatoms. The van der Waals surface area contributed by atoms with E-state index in [2.05, 4.69) is 19.2 Å². The molecule has 1 N–H and O–H groups in total. The van der Waals surface area contributed by atoms with Crippen LogP contribution in [-0.4, -0.2) is 13.0 Å². The lowest BCUT2D eigenvalue weighted by molar-refractivity contribution is -0.112. The Kier molecular flexibility index (Phi) is 6.41. The number of nitriles is 1. The summed E-state index contributed by atoms with van der Waals surface area (Å²) in [6.45, 7) is 10.1. The number of hydrogen-bond acceptors (Lipinski definition) is 3. The van der Waals surface area contributed by atoms with Crippen molar-refractivity contribution in [1.29, 1.82) is 5.26 Å². The van der Waals surface area contributed by atoms with Crippen molar-refractivity contribution in [3.05, 3.63) is 63.7 Å². The van der Waals surface area contributed by atoms with Gasteiger partial charge in [0.15, 0.2) is 0 Å². The van der Waals surface area contributed by atoms with Crippen LogP contribution in [0.15, 0.2) is 35.9 Å². The third kappa shape index (κ3) is 4.77. The van der Waals surface area contributed by atoms with Crippen LogP contribution in [-0.2, 0) is 4.79 Å². The van der Waals surface area contributed by atoms with Crippen LogP contribution in [0.25, 0.3) is 6.08 Å². The van der Waals surface area contributed by atoms with Gasteiger partial charge in [-0.15, -0.1) is 0 Å². The van der Waals surface area contributed by atoms with Crippen LogP contribution >= 0.6 is 0 Å². The van der Waals surface area contributed by atoms with Gasteiger partial charge in [-0.1, -0.05) is 19.9 Å². The number of amides is 1. The third-order valence-electron chi connectivity index (χ3n) is 4.67. The van der Waals surface area contributed by atoms with E-state index in [4.69, 9.17) is 4.74 Å². The van der Waals surface area contributed by atoms with Crippen molar-refractivity contribution in [1.82, 2.24) is 0 Å². The van der Waals surface area contributed by atoms with Crippen LogP contribution in [0, 0.1) is 32.1 Å². The molecule has 0 unspecified atom stereocenters. The molecule has 0 heterocycles.